The van der Waals surface area contributed by atoms with Gasteiger partial charge in [-0.3, -0.25) is 0 Å². The highest BCUT2D eigenvalue weighted by Crippen LogP contribution is 2.29. The van der Waals surface area contributed by atoms with Gasteiger partial charge in [0.15, 0.2) is 0 Å². The van der Waals surface area contributed by atoms with Gasteiger partial charge in [-0.05, 0) is 32.0 Å². The van der Waals surface area contributed by atoms with Crippen LogP contribution < -0.4 is 5.32 Å². The molecular formula is C14H16F2N2S. The zero-order valence-corrected chi connectivity index (χ0v) is 11.9. The minimum atomic E-state index is -0.546. The molecule has 0 saturated heterocycles. The van der Waals surface area contributed by atoms with E-state index in [1.54, 1.807) is 6.92 Å². The maximum Gasteiger partial charge on any atom is 0.134 e. The quantitative estimate of drug-likeness (QED) is 0.924. The van der Waals surface area contributed by atoms with Crippen LogP contribution in [0, 0.1) is 25.5 Å². The van der Waals surface area contributed by atoms with Crippen molar-refractivity contribution in [1.29, 1.82) is 0 Å². The molecule has 102 valence electrons. The van der Waals surface area contributed by atoms with Gasteiger partial charge in [0.25, 0.3) is 0 Å². The summed E-state index contributed by atoms with van der Waals surface area (Å²) in [6, 6.07) is 2.20. The molecule has 1 atom stereocenters. The van der Waals surface area contributed by atoms with Crippen LogP contribution in [-0.4, -0.2) is 11.5 Å². The number of benzene rings is 1. The van der Waals surface area contributed by atoms with E-state index < -0.39 is 17.7 Å². The Morgan fingerprint density at radius 2 is 2.05 bits per heavy atom. The Kier molecular flexibility index (Phi) is 4.27. The molecule has 2 rings (SSSR count). The fourth-order valence-electron chi connectivity index (χ4n) is 2.01. The largest absolute Gasteiger partial charge is 0.305 e. The molecule has 1 aromatic carbocycles. The Hall–Kier alpha value is -1.33. The van der Waals surface area contributed by atoms with Crippen LogP contribution in [0.5, 0.6) is 0 Å². The van der Waals surface area contributed by atoms with Gasteiger partial charge in [-0.25, -0.2) is 13.8 Å². The van der Waals surface area contributed by atoms with Crippen molar-refractivity contribution in [1.82, 2.24) is 10.3 Å². The monoisotopic (exact) mass is 282 g/mol. The first-order chi connectivity index (χ1) is 9.04. The predicted molar refractivity (Wildman–Crippen MR) is 73.5 cm³/mol. The van der Waals surface area contributed by atoms with E-state index in [2.05, 4.69) is 10.3 Å². The standard InChI is InChI=1S/C14H16F2N2S/c1-4-17-14(11-7-19-9(3)18-11)12-10(15)6-5-8(2)13(12)16/h5-7,14,17H,4H2,1-3H3. The van der Waals surface area contributed by atoms with Crippen molar-refractivity contribution in [2.45, 2.75) is 26.8 Å². The molecular weight excluding hydrogens is 266 g/mol. The third kappa shape index (κ3) is 2.82. The van der Waals surface area contributed by atoms with Gasteiger partial charge in [-0.1, -0.05) is 13.0 Å². The van der Waals surface area contributed by atoms with Gasteiger partial charge in [0.1, 0.15) is 11.6 Å². The Morgan fingerprint density at radius 3 is 2.63 bits per heavy atom. The summed E-state index contributed by atoms with van der Waals surface area (Å²) in [5.41, 5.74) is 1.14. The van der Waals surface area contributed by atoms with Crippen molar-refractivity contribution in [2.75, 3.05) is 6.54 Å². The summed E-state index contributed by atoms with van der Waals surface area (Å²) in [6.07, 6.45) is 0. The lowest BCUT2D eigenvalue weighted by Crippen LogP contribution is -2.24. The Bertz CT molecular complexity index is 581. The number of hydrogen-bond donors (Lipinski definition) is 1. The predicted octanol–water partition coefficient (Wildman–Crippen LogP) is 3.74. The van der Waals surface area contributed by atoms with Crippen LogP contribution >= 0.6 is 11.3 Å². The second-order valence-electron chi connectivity index (χ2n) is 4.37. The van der Waals surface area contributed by atoms with Gasteiger partial charge in [0.05, 0.1) is 16.7 Å². The van der Waals surface area contributed by atoms with Crippen molar-refractivity contribution >= 4 is 11.3 Å². The molecule has 1 aromatic heterocycles. The third-order valence-electron chi connectivity index (χ3n) is 2.95. The van der Waals surface area contributed by atoms with Crippen molar-refractivity contribution in [3.63, 3.8) is 0 Å². The van der Waals surface area contributed by atoms with E-state index in [4.69, 9.17) is 0 Å². The number of aromatic nitrogens is 1. The summed E-state index contributed by atoms with van der Waals surface area (Å²) in [6.45, 7) is 6.01. The van der Waals surface area contributed by atoms with Gasteiger partial charge in [0.2, 0.25) is 0 Å². The zero-order chi connectivity index (χ0) is 14.0. The zero-order valence-electron chi connectivity index (χ0n) is 11.1. The Morgan fingerprint density at radius 1 is 1.32 bits per heavy atom. The lowest BCUT2D eigenvalue weighted by Gasteiger charge is -2.18. The molecule has 0 aliphatic heterocycles. The molecule has 19 heavy (non-hydrogen) atoms. The molecule has 0 radical (unpaired) electrons. The average molecular weight is 282 g/mol. The minimum Gasteiger partial charge on any atom is -0.305 e. The maximum atomic E-state index is 14.2. The van der Waals surface area contributed by atoms with Gasteiger partial charge in [-0.2, -0.15) is 0 Å². The van der Waals surface area contributed by atoms with Gasteiger partial charge in [0, 0.05) is 10.9 Å². The first-order valence-corrected chi connectivity index (χ1v) is 7.02. The molecule has 5 heteroatoms. The van der Waals surface area contributed by atoms with Crippen LogP contribution in [0.3, 0.4) is 0 Å². The fraction of sp³-hybridized carbons (Fsp3) is 0.357. The molecule has 0 amide bonds. The Labute approximate surface area is 115 Å². The van der Waals surface area contributed by atoms with Crippen molar-refractivity contribution in [2.24, 2.45) is 0 Å². The van der Waals surface area contributed by atoms with E-state index in [-0.39, 0.29) is 5.56 Å². The van der Waals surface area contributed by atoms with E-state index in [0.717, 1.165) is 5.01 Å². The van der Waals surface area contributed by atoms with Crippen molar-refractivity contribution in [3.8, 4) is 0 Å². The van der Waals surface area contributed by atoms with E-state index in [0.29, 0.717) is 17.8 Å². The van der Waals surface area contributed by atoms with E-state index in [1.165, 1.54) is 23.5 Å². The molecule has 0 aliphatic rings. The highest BCUT2D eigenvalue weighted by molar-refractivity contribution is 7.09. The van der Waals surface area contributed by atoms with Crippen LogP contribution in [-0.2, 0) is 0 Å². The SMILES string of the molecule is CCNC(c1csc(C)n1)c1c(F)ccc(C)c1F. The number of nitrogens with one attached hydrogen (secondary N) is 1. The van der Waals surface area contributed by atoms with Crippen LogP contribution in [0.15, 0.2) is 17.5 Å². The second-order valence-corrected chi connectivity index (χ2v) is 5.44. The lowest BCUT2D eigenvalue weighted by atomic mass is 10.0. The molecule has 1 unspecified atom stereocenters. The molecule has 0 spiro atoms. The molecule has 2 nitrogen and oxygen atoms in total. The van der Waals surface area contributed by atoms with E-state index in [9.17, 15) is 8.78 Å². The molecule has 0 fully saturated rings. The minimum absolute atomic E-state index is 0.0483. The summed E-state index contributed by atoms with van der Waals surface area (Å²) in [4.78, 5) is 4.34. The molecule has 1 N–H and O–H groups in total. The summed E-state index contributed by atoms with van der Waals surface area (Å²) >= 11 is 1.47. The van der Waals surface area contributed by atoms with Crippen LogP contribution in [0.1, 0.15) is 34.8 Å². The fourth-order valence-corrected chi connectivity index (χ4v) is 2.65. The van der Waals surface area contributed by atoms with Crippen molar-refractivity contribution in [3.05, 3.63) is 51.0 Å². The first kappa shape index (κ1) is 14.1. The van der Waals surface area contributed by atoms with Gasteiger partial charge < -0.3 is 5.32 Å². The summed E-state index contributed by atoms with van der Waals surface area (Å²) < 4.78 is 28.2. The van der Waals surface area contributed by atoms with Gasteiger partial charge >= 0.3 is 0 Å². The first-order valence-electron chi connectivity index (χ1n) is 6.14. The topological polar surface area (TPSA) is 24.9 Å². The normalized spacial score (nSPS) is 12.7. The van der Waals surface area contributed by atoms with Crippen molar-refractivity contribution < 1.29 is 8.78 Å². The van der Waals surface area contributed by atoms with Crippen LogP contribution in [0.2, 0.25) is 0 Å². The number of rotatable bonds is 4. The number of halogens is 2. The highest BCUT2D eigenvalue weighted by Gasteiger charge is 2.24. The number of hydrogen-bond acceptors (Lipinski definition) is 3. The summed E-state index contributed by atoms with van der Waals surface area (Å²) in [7, 11) is 0. The Balaban J connectivity index is 2.53. The van der Waals surface area contributed by atoms with E-state index >= 15 is 0 Å². The summed E-state index contributed by atoms with van der Waals surface area (Å²) in [5.74, 6) is -1.05. The molecule has 0 saturated carbocycles. The molecule has 0 bridgehead atoms. The molecule has 2 aromatic rings. The number of nitrogens with zero attached hydrogens (tertiary/aromatic N) is 1. The van der Waals surface area contributed by atoms with Crippen LogP contribution in [0.25, 0.3) is 0 Å². The maximum absolute atomic E-state index is 14.2. The lowest BCUT2D eigenvalue weighted by molar-refractivity contribution is 0.502. The number of thiazole rings is 1. The van der Waals surface area contributed by atoms with Crippen LogP contribution in [0.4, 0.5) is 8.78 Å². The summed E-state index contributed by atoms with van der Waals surface area (Å²) in [5, 5.41) is 5.82. The average Bonchev–Trinajstić information content (AvgIpc) is 2.80. The second kappa shape index (κ2) is 5.75. The molecule has 1 heterocycles. The van der Waals surface area contributed by atoms with Gasteiger partial charge in [-0.15, -0.1) is 11.3 Å². The smallest absolute Gasteiger partial charge is 0.134 e. The molecule has 0 aliphatic carbocycles. The highest BCUT2D eigenvalue weighted by atomic mass is 32.1. The number of aryl methyl sites for hydroxylation is 2. The third-order valence-corrected chi connectivity index (χ3v) is 3.74. The van der Waals surface area contributed by atoms with E-state index in [1.807, 2.05) is 19.2 Å².